The van der Waals surface area contributed by atoms with E-state index in [2.05, 4.69) is 26.2 Å². The third kappa shape index (κ3) is 5.90. The Morgan fingerprint density at radius 2 is 2.18 bits per heavy atom. The molecule has 1 heteroatoms. The Kier molecular flexibility index (Phi) is 5.91. The van der Waals surface area contributed by atoms with E-state index in [1.165, 1.54) is 0 Å². The van der Waals surface area contributed by atoms with Crippen molar-refractivity contribution in [2.24, 2.45) is 5.92 Å². The molecule has 11 heavy (non-hydrogen) atoms. The summed E-state index contributed by atoms with van der Waals surface area (Å²) in [6.45, 7) is 10.7. The minimum absolute atomic E-state index is 0.206. The predicted molar refractivity (Wildman–Crippen MR) is 48.6 cm³/mol. The van der Waals surface area contributed by atoms with Gasteiger partial charge in [-0.15, -0.1) is 5.73 Å². The highest BCUT2D eigenvalue weighted by atomic mass is 16.5. The molecule has 0 aliphatic rings. The highest BCUT2D eigenvalue weighted by Gasteiger charge is 2.05. The zero-order valence-corrected chi connectivity index (χ0v) is 7.76. The summed E-state index contributed by atoms with van der Waals surface area (Å²) >= 11 is 0. The molecule has 0 aromatic heterocycles. The molecule has 0 amide bonds. The zero-order valence-electron chi connectivity index (χ0n) is 7.76. The summed E-state index contributed by atoms with van der Waals surface area (Å²) in [5.41, 5.74) is 2.76. The lowest BCUT2D eigenvalue weighted by Gasteiger charge is -2.13. The van der Waals surface area contributed by atoms with Crippen LogP contribution < -0.4 is 0 Å². The van der Waals surface area contributed by atoms with Crippen molar-refractivity contribution in [1.82, 2.24) is 0 Å². The lowest BCUT2D eigenvalue weighted by molar-refractivity contribution is 0.0815. The Balaban J connectivity index is 3.78. The SMILES string of the molecule is C=C=CC(CC(C)C)OCC. The first kappa shape index (κ1) is 10.5. The van der Waals surface area contributed by atoms with Gasteiger partial charge in [-0.1, -0.05) is 20.4 Å². The summed E-state index contributed by atoms with van der Waals surface area (Å²) in [5.74, 6) is 0.663. The maximum atomic E-state index is 5.44. The average Bonchev–Trinajstić information content (AvgIpc) is 1.87. The summed E-state index contributed by atoms with van der Waals surface area (Å²) in [6, 6.07) is 0. The Morgan fingerprint density at radius 1 is 1.55 bits per heavy atom. The first-order valence-corrected chi connectivity index (χ1v) is 4.18. The number of ether oxygens (including phenoxy) is 1. The maximum absolute atomic E-state index is 5.44. The van der Waals surface area contributed by atoms with Gasteiger partial charge < -0.3 is 4.74 Å². The van der Waals surface area contributed by atoms with Gasteiger partial charge in [-0.2, -0.15) is 0 Å². The topological polar surface area (TPSA) is 9.23 Å². The monoisotopic (exact) mass is 154 g/mol. The molecule has 0 saturated heterocycles. The highest BCUT2D eigenvalue weighted by molar-refractivity contribution is 4.86. The molecule has 0 N–H and O–H groups in total. The molecule has 1 nitrogen and oxygen atoms in total. The molecule has 0 radical (unpaired) electrons. The van der Waals surface area contributed by atoms with Crippen LogP contribution in [0.1, 0.15) is 27.2 Å². The van der Waals surface area contributed by atoms with Crippen molar-refractivity contribution < 1.29 is 4.74 Å². The van der Waals surface area contributed by atoms with Gasteiger partial charge >= 0.3 is 0 Å². The molecule has 1 unspecified atom stereocenters. The van der Waals surface area contributed by atoms with Crippen molar-refractivity contribution in [2.75, 3.05) is 6.61 Å². The van der Waals surface area contributed by atoms with Gasteiger partial charge in [0.25, 0.3) is 0 Å². The Hall–Kier alpha value is -0.520. The van der Waals surface area contributed by atoms with E-state index in [1.54, 1.807) is 0 Å². The molecular weight excluding hydrogens is 136 g/mol. The van der Waals surface area contributed by atoms with Gasteiger partial charge in [0.15, 0.2) is 0 Å². The van der Waals surface area contributed by atoms with E-state index >= 15 is 0 Å². The summed E-state index contributed by atoms with van der Waals surface area (Å²) in [5, 5.41) is 0. The minimum Gasteiger partial charge on any atom is -0.374 e. The molecule has 0 spiro atoms. The Morgan fingerprint density at radius 3 is 2.55 bits per heavy atom. The van der Waals surface area contributed by atoms with Crippen LogP contribution in [-0.2, 0) is 4.74 Å². The van der Waals surface area contributed by atoms with Crippen LogP contribution in [0.4, 0.5) is 0 Å². The van der Waals surface area contributed by atoms with E-state index in [-0.39, 0.29) is 6.10 Å². The molecule has 64 valence electrons. The first-order valence-electron chi connectivity index (χ1n) is 4.18. The average molecular weight is 154 g/mol. The molecule has 0 bridgehead atoms. The van der Waals surface area contributed by atoms with Crippen molar-refractivity contribution in [3.63, 3.8) is 0 Å². The third-order valence-corrected chi connectivity index (χ3v) is 1.39. The minimum atomic E-state index is 0.206. The van der Waals surface area contributed by atoms with Crippen LogP contribution in [0.5, 0.6) is 0 Å². The van der Waals surface area contributed by atoms with Crippen LogP contribution in [0.25, 0.3) is 0 Å². The molecule has 0 rings (SSSR count). The second-order valence-electron chi connectivity index (χ2n) is 2.99. The lowest BCUT2D eigenvalue weighted by Crippen LogP contribution is -2.12. The molecule has 0 fully saturated rings. The third-order valence-electron chi connectivity index (χ3n) is 1.39. The van der Waals surface area contributed by atoms with Crippen LogP contribution >= 0.6 is 0 Å². The van der Waals surface area contributed by atoms with Gasteiger partial charge in [-0.3, -0.25) is 0 Å². The summed E-state index contributed by atoms with van der Waals surface area (Å²) in [6.07, 6.45) is 3.15. The Labute approximate surface area is 69.8 Å². The molecule has 0 aromatic rings. The van der Waals surface area contributed by atoms with E-state index in [0.717, 1.165) is 13.0 Å². The molecule has 0 heterocycles. The van der Waals surface area contributed by atoms with Crippen molar-refractivity contribution >= 4 is 0 Å². The van der Waals surface area contributed by atoms with E-state index < -0.39 is 0 Å². The summed E-state index contributed by atoms with van der Waals surface area (Å²) in [4.78, 5) is 0. The Bertz CT molecular complexity index is 132. The fourth-order valence-electron chi connectivity index (χ4n) is 0.994. The second-order valence-corrected chi connectivity index (χ2v) is 2.99. The molecule has 0 aromatic carbocycles. The van der Waals surface area contributed by atoms with Crippen molar-refractivity contribution in [2.45, 2.75) is 33.3 Å². The van der Waals surface area contributed by atoms with Gasteiger partial charge in [0.1, 0.15) is 0 Å². The quantitative estimate of drug-likeness (QED) is 0.553. The first-order chi connectivity index (χ1) is 5.20. The molecule has 0 aliphatic carbocycles. The smallest absolute Gasteiger partial charge is 0.0831 e. The standard InChI is InChI=1S/C10H18O/c1-5-7-10(11-6-2)8-9(3)4/h7,9-10H,1,6,8H2,2-4H3. The number of rotatable bonds is 5. The lowest BCUT2D eigenvalue weighted by atomic mass is 10.1. The normalized spacial score (nSPS) is 12.7. The number of hydrogen-bond donors (Lipinski definition) is 0. The fourth-order valence-corrected chi connectivity index (χ4v) is 0.994. The van der Waals surface area contributed by atoms with Crippen LogP contribution in [0, 0.1) is 5.92 Å². The molecule has 1 atom stereocenters. The van der Waals surface area contributed by atoms with Gasteiger partial charge in [0, 0.05) is 6.61 Å². The molecule has 0 saturated carbocycles. The van der Waals surface area contributed by atoms with Crippen LogP contribution in [-0.4, -0.2) is 12.7 Å². The molecule has 0 aliphatic heterocycles. The molecular formula is C10H18O. The summed E-state index contributed by atoms with van der Waals surface area (Å²) < 4.78 is 5.44. The summed E-state index contributed by atoms with van der Waals surface area (Å²) in [7, 11) is 0. The van der Waals surface area contributed by atoms with Gasteiger partial charge in [0.05, 0.1) is 6.10 Å². The van der Waals surface area contributed by atoms with Gasteiger partial charge in [-0.25, -0.2) is 0 Å². The zero-order chi connectivity index (χ0) is 8.69. The highest BCUT2D eigenvalue weighted by Crippen LogP contribution is 2.08. The largest absolute Gasteiger partial charge is 0.374 e. The number of hydrogen-bond acceptors (Lipinski definition) is 1. The van der Waals surface area contributed by atoms with Crippen LogP contribution in [0.2, 0.25) is 0 Å². The van der Waals surface area contributed by atoms with Gasteiger partial charge in [0.2, 0.25) is 0 Å². The predicted octanol–water partition coefficient (Wildman–Crippen LogP) is 2.78. The maximum Gasteiger partial charge on any atom is 0.0831 e. The fraction of sp³-hybridized carbons (Fsp3) is 0.700. The van der Waals surface area contributed by atoms with E-state index in [9.17, 15) is 0 Å². The second kappa shape index (κ2) is 6.21. The van der Waals surface area contributed by atoms with Crippen molar-refractivity contribution in [3.8, 4) is 0 Å². The van der Waals surface area contributed by atoms with E-state index in [4.69, 9.17) is 4.74 Å². The van der Waals surface area contributed by atoms with Gasteiger partial charge in [-0.05, 0) is 25.3 Å². The van der Waals surface area contributed by atoms with E-state index in [1.807, 2.05) is 13.0 Å². The van der Waals surface area contributed by atoms with Crippen LogP contribution in [0.3, 0.4) is 0 Å². The van der Waals surface area contributed by atoms with Crippen LogP contribution in [0.15, 0.2) is 18.4 Å². The van der Waals surface area contributed by atoms with Crippen molar-refractivity contribution in [3.05, 3.63) is 18.4 Å². The van der Waals surface area contributed by atoms with E-state index in [0.29, 0.717) is 5.92 Å². The van der Waals surface area contributed by atoms with Crippen molar-refractivity contribution in [1.29, 1.82) is 0 Å².